The molecular weight excluding hydrogens is 424 g/mol. The third kappa shape index (κ3) is 4.20. The van der Waals surface area contributed by atoms with Crippen molar-refractivity contribution in [1.82, 2.24) is 9.88 Å². The number of carbonyl (C=O) groups is 1. The minimum absolute atomic E-state index is 0.295. The summed E-state index contributed by atoms with van der Waals surface area (Å²) >= 11 is 0. The van der Waals surface area contributed by atoms with Crippen molar-refractivity contribution < 1.29 is 14.6 Å². The van der Waals surface area contributed by atoms with E-state index in [-0.39, 0.29) is 0 Å². The highest BCUT2D eigenvalue weighted by atomic mass is 16.5. The van der Waals surface area contributed by atoms with Gasteiger partial charge in [0.2, 0.25) is 0 Å². The number of hydrogen-bond donors (Lipinski definition) is 1. The summed E-state index contributed by atoms with van der Waals surface area (Å²) < 4.78 is 5.46. The molecule has 0 saturated carbocycles. The number of aromatic nitrogens is 1. The molecule has 1 aliphatic rings. The van der Waals surface area contributed by atoms with Crippen LogP contribution in [0.4, 0.5) is 0 Å². The van der Waals surface area contributed by atoms with Crippen LogP contribution in [0.25, 0.3) is 33.2 Å². The average molecular weight is 453 g/mol. The minimum atomic E-state index is -0.929. The summed E-state index contributed by atoms with van der Waals surface area (Å²) in [5.74, 6) is -0.929. The van der Waals surface area contributed by atoms with Gasteiger partial charge in [0.25, 0.3) is 0 Å². The molecule has 172 valence electrons. The number of aryl methyl sites for hydroxylation is 2. The number of benzene rings is 3. The van der Waals surface area contributed by atoms with Crippen LogP contribution in [-0.4, -0.2) is 47.3 Å². The van der Waals surface area contributed by atoms with Crippen molar-refractivity contribution in [3.05, 3.63) is 89.1 Å². The summed E-state index contributed by atoms with van der Waals surface area (Å²) in [5.41, 5.74) is 8.66. The predicted molar refractivity (Wildman–Crippen MR) is 135 cm³/mol. The summed E-state index contributed by atoms with van der Waals surface area (Å²) in [6.07, 6.45) is 1.76. The Bertz CT molecular complexity index is 1360. The summed E-state index contributed by atoms with van der Waals surface area (Å²) in [6, 6.07) is 20.0. The first kappa shape index (κ1) is 22.3. The molecule has 0 spiro atoms. The van der Waals surface area contributed by atoms with Crippen molar-refractivity contribution in [3.8, 4) is 22.3 Å². The molecule has 1 saturated heterocycles. The van der Waals surface area contributed by atoms with E-state index in [2.05, 4.69) is 54.1 Å². The molecule has 4 aromatic rings. The standard InChI is InChI=1S/C29H28N2O3/c1-19-17-26-28(24(11-12-30-26)23-5-3-4-6-25(23)29(32)33)20(2)27(19)22-9-7-21(8-10-22)18-31-13-15-34-16-14-31/h3-12,17H,13-16,18H2,1-2H3,(H,32,33). The maximum Gasteiger partial charge on any atom is 0.336 e. The highest BCUT2D eigenvalue weighted by molar-refractivity contribution is 6.05. The van der Waals surface area contributed by atoms with Crippen molar-refractivity contribution in [2.24, 2.45) is 0 Å². The second-order valence-electron chi connectivity index (χ2n) is 8.88. The molecule has 1 fully saturated rings. The number of morpholine rings is 1. The van der Waals surface area contributed by atoms with Gasteiger partial charge in [-0.05, 0) is 71.0 Å². The smallest absolute Gasteiger partial charge is 0.336 e. The lowest BCUT2D eigenvalue weighted by Gasteiger charge is -2.26. The Kier molecular flexibility index (Phi) is 6.14. The van der Waals surface area contributed by atoms with Crippen molar-refractivity contribution in [3.63, 3.8) is 0 Å². The van der Waals surface area contributed by atoms with E-state index in [1.54, 1.807) is 18.3 Å². The number of nitrogens with zero attached hydrogens (tertiary/aromatic N) is 2. The number of ether oxygens (including phenoxy) is 1. The third-order valence-corrected chi connectivity index (χ3v) is 6.68. The van der Waals surface area contributed by atoms with Crippen LogP contribution in [0, 0.1) is 13.8 Å². The summed E-state index contributed by atoms with van der Waals surface area (Å²) in [6.45, 7) is 8.70. The number of carboxylic acid groups (broad SMARTS) is 1. The van der Waals surface area contributed by atoms with Crippen LogP contribution in [-0.2, 0) is 11.3 Å². The molecule has 0 atom stereocenters. The Morgan fingerprint density at radius 1 is 1.00 bits per heavy atom. The topological polar surface area (TPSA) is 62.7 Å². The molecule has 0 bridgehead atoms. The third-order valence-electron chi connectivity index (χ3n) is 6.68. The lowest BCUT2D eigenvalue weighted by molar-refractivity contribution is 0.0342. The molecule has 1 N–H and O–H groups in total. The van der Waals surface area contributed by atoms with Gasteiger partial charge in [-0.1, -0.05) is 42.5 Å². The van der Waals surface area contributed by atoms with E-state index in [1.165, 1.54) is 11.1 Å². The first-order valence-corrected chi connectivity index (χ1v) is 11.6. The summed E-state index contributed by atoms with van der Waals surface area (Å²) in [4.78, 5) is 18.9. The zero-order chi connectivity index (χ0) is 23.7. The maximum atomic E-state index is 11.9. The van der Waals surface area contributed by atoms with Crippen molar-refractivity contribution in [2.75, 3.05) is 26.3 Å². The number of pyridine rings is 1. The lowest BCUT2D eigenvalue weighted by atomic mass is 9.88. The fraction of sp³-hybridized carbons (Fsp3) is 0.241. The first-order chi connectivity index (χ1) is 16.5. The van der Waals surface area contributed by atoms with E-state index in [0.29, 0.717) is 11.1 Å². The van der Waals surface area contributed by atoms with Crippen LogP contribution in [0.1, 0.15) is 27.0 Å². The number of aromatic carboxylic acids is 1. The van der Waals surface area contributed by atoms with E-state index in [4.69, 9.17) is 4.74 Å². The minimum Gasteiger partial charge on any atom is -0.478 e. The van der Waals surface area contributed by atoms with Gasteiger partial charge in [0, 0.05) is 31.2 Å². The lowest BCUT2D eigenvalue weighted by Crippen LogP contribution is -2.35. The highest BCUT2D eigenvalue weighted by Gasteiger charge is 2.18. The molecule has 0 radical (unpaired) electrons. The van der Waals surface area contributed by atoms with Crippen LogP contribution >= 0.6 is 0 Å². The molecule has 0 amide bonds. The molecule has 5 rings (SSSR count). The van der Waals surface area contributed by atoms with Crippen LogP contribution in [0.3, 0.4) is 0 Å². The second kappa shape index (κ2) is 9.37. The molecule has 3 aromatic carbocycles. The molecular formula is C29H28N2O3. The van der Waals surface area contributed by atoms with E-state index in [1.807, 2.05) is 18.2 Å². The predicted octanol–water partition coefficient (Wildman–Crippen LogP) is 5.72. The molecule has 5 heteroatoms. The number of carboxylic acids is 1. The van der Waals surface area contributed by atoms with E-state index >= 15 is 0 Å². The Labute approximate surface area is 199 Å². The Morgan fingerprint density at radius 3 is 2.47 bits per heavy atom. The molecule has 0 aliphatic carbocycles. The quantitative estimate of drug-likeness (QED) is 0.420. The van der Waals surface area contributed by atoms with E-state index in [0.717, 1.165) is 66.0 Å². The highest BCUT2D eigenvalue weighted by Crippen LogP contribution is 2.38. The van der Waals surface area contributed by atoms with Gasteiger partial charge >= 0.3 is 5.97 Å². The van der Waals surface area contributed by atoms with Gasteiger partial charge in [0.05, 0.1) is 24.3 Å². The normalized spacial score (nSPS) is 14.4. The van der Waals surface area contributed by atoms with Gasteiger partial charge in [0.1, 0.15) is 0 Å². The van der Waals surface area contributed by atoms with Crippen LogP contribution in [0.15, 0.2) is 66.9 Å². The molecule has 34 heavy (non-hydrogen) atoms. The van der Waals surface area contributed by atoms with Crippen molar-refractivity contribution in [2.45, 2.75) is 20.4 Å². The Morgan fingerprint density at radius 2 is 1.74 bits per heavy atom. The van der Waals surface area contributed by atoms with Crippen LogP contribution < -0.4 is 0 Å². The average Bonchev–Trinajstić information content (AvgIpc) is 2.85. The Hall–Kier alpha value is -3.54. The van der Waals surface area contributed by atoms with Crippen LogP contribution in [0.2, 0.25) is 0 Å². The van der Waals surface area contributed by atoms with E-state index in [9.17, 15) is 9.90 Å². The van der Waals surface area contributed by atoms with Crippen molar-refractivity contribution >= 4 is 16.9 Å². The van der Waals surface area contributed by atoms with Gasteiger partial charge in [-0.15, -0.1) is 0 Å². The van der Waals surface area contributed by atoms with E-state index < -0.39 is 5.97 Å². The number of rotatable bonds is 5. The van der Waals surface area contributed by atoms with Gasteiger partial charge in [-0.25, -0.2) is 4.79 Å². The SMILES string of the molecule is Cc1cc2nccc(-c3ccccc3C(=O)O)c2c(C)c1-c1ccc(CN2CCOCC2)cc1. The zero-order valence-electron chi connectivity index (χ0n) is 19.5. The maximum absolute atomic E-state index is 11.9. The number of fused-ring (bicyclic) bond motifs is 1. The van der Waals surface area contributed by atoms with Gasteiger partial charge in [0.15, 0.2) is 0 Å². The molecule has 0 unspecified atom stereocenters. The molecule has 5 nitrogen and oxygen atoms in total. The molecule has 1 aliphatic heterocycles. The number of hydrogen-bond acceptors (Lipinski definition) is 4. The van der Waals surface area contributed by atoms with Gasteiger partial charge in [-0.2, -0.15) is 0 Å². The fourth-order valence-electron chi connectivity index (χ4n) is 5.05. The van der Waals surface area contributed by atoms with Gasteiger partial charge < -0.3 is 9.84 Å². The zero-order valence-corrected chi connectivity index (χ0v) is 19.5. The molecule has 1 aromatic heterocycles. The monoisotopic (exact) mass is 452 g/mol. The summed E-state index contributed by atoms with van der Waals surface area (Å²) in [5, 5.41) is 10.8. The summed E-state index contributed by atoms with van der Waals surface area (Å²) in [7, 11) is 0. The van der Waals surface area contributed by atoms with Crippen LogP contribution in [0.5, 0.6) is 0 Å². The largest absolute Gasteiger partial charge is 0.478 e. The van der Waals surface area contributed by atoms with Crippen molar-refractivity contribution in [1.29, 1.82) is 0 Å². The first-order valence-electron chi connectivity index (χ1n) is 11.6. The second-order valence-corrected chi connectivity index (χ2v) is 8.88. The molecule has 2 heterocycles. The fourth-order valence-corrected chi connectivity index (χ4v) is 5.05. The Balaban J connectivity index is 1.59. The van der Waals surface area contributed by atoms with Gasteiger partial charge in [-0.3, -0.25) is 9.88 Å².